The van der Waals surface area contributed by atoms with Crippen molar-refractivity contribution in [1.82, 2.24) is 15.3 Å². The van der Waals surface area contributed by atoms with Crippen LogP contribution in [0, 0.1) is 5.41 Å². The molecule has 1 aromatic heterocycles. The normalized spacial score (nSPS) is 19.3. The van der Waals surface area contributed by atoms with E-state index in [1.165, 1.54) is 25.7 Å². The summed E-state index contributed by atoms with van der Waals surface area (Å²) in [6.07, 6.45) is 7.06. The molecule has 3 rings (SSSR count). The predicted octanol–water partition coefficient (Wildman–Crippen LogP) is 3.69. The van der Waals surface area contributed by atoms with Crippen molar-refractivity contribution in [2.75, 3.05) is 0 Å². The molecule has 1 fully saturated rings. The predicted molar refractivity (Wildman–Crippen MR) is 82.4 cm³/mol. The molecule has 0 bridgehead atoms. The van der Waals surface area contributed by atoms with E-state index in [0.29, 0.717) is 11.5 Å². The summed E-state index contributed by atoms with van der Waals surface area (Å²) in [7, 11) is 0. The van der Waals surface area contributed by atoms with E-state index in [9.17, 15) is 0 Å². The van der Waals surface area contributed by atoms with Crippen LogP contribution in [0.25, 0.3) is 11.0 Å². The van der Waals surface area contributed by atoms with Crippen LogP contribution in [0.1, 0.15) is 45.2 Å². The first kappa shape index (κ1) is 13.5. The molecule has 3 nitrogen and oxygen atoms in total. The minimum absolute atomic E-state index is 0.529. The van der Waals surface area contributed by atoms with Crippen molar-refractivity contribution in [1.29, 1.82) is 0 Å². The Labute approximate surface area is 120 Å². The number of aromatic nitrogens is 2. The monoisotopic (exact) mass is 269 g/mol. The minimum Gasteiger partial charge on any atom is -0.308 e. The first-order valence-electron chi connectivity index (χ1n) is 7.56. The third-order valence-corrected chi connectivity index (χ3v) is 4.41. The molecule has 106 valence electrons. The van der Waals surface area contributed by atoms with Gasteiger partial charge in [-0.15, -0.1) is 0 Å². The maximum Gasteiger partial charge on any atom is 0.0890 e. The van der Waals surface area contributed by atoms with E-state index >= 15 is 0 Å². The van der Waals surface area contributed by atoms with Gasteiger partial charge in [0, 0.05) is 12.6 Å². The second-order valence-corrected chi connectivity index (χ2v) is 6.67. The fraction of sp³-hybridized carbons (Fsp3) is 0.529. The molecule has 2 aromatic rings. The number of rotatable bonds is 3. The molecule has 0 amide bonds. The van der Waals surface area contributed by atoms with Crippen LogP contribution in [-0.2, 0) is 6.54 Å². The Morgan fingerprint density at radius 1 is 1.15 bits per heavy atom. The number of nitrogens with one attached hydrogen (secondary N) is 1. The first-order chi connectivity index (χ1) is 9.62. The largest absolute Gasteiger partial charge is 0.308 e. The smallest absolute Gasteiger partial charge is 0.0890 e. The van der Waals surface area contributed by atoms with Crippen molar-refractivity contribution in [3.8, 4) is 0 Å². The van der Waals surface area contributed by atoms with E-state index in [1.54, 1.807) is 0 Å². The van der Waals surface area contributed by atoms with Gasteiger partial charge >= 0.3 is 0 Å². The topological polar surface area (TPSA) is 37.8 Å². The highest BCUT2D eigenvalue weighted by atomic mass is 14.9. The van der Waals surface area contributed by atoms with E-state index in [0.717, 1.165) is 23.3 Å². The van der Waals surface area contributed by atoms with Crippen LogP contribution in [0.2, 0.25) is 0 Å². The third kappa shape index (κ3) is 3.15. The van der Waals surface area contributed by atoms with Crippen molar-refractivity contribution in [2.45, 2.75) is 52.1 Å². The summed E-state index contributed by atoms with van der Waals surface area (Å²) < 4.78 is 0. The summed E-state index contributed by atoms with van der Waals surface area (Å²) in [6.45, 7) is 5.57. The van der Waals surface area contributed by atoms with Crippen molar-refractivity contribution in [3.63, 3.8) is 0 Å². The average molecular weight is 269 g/mol. The summed E-state index contributed by atoms with van der Waals surface area (Å²) in [5.74, 6) is 0. The number of nitrogens with zero attached hydrogens (tertiary/aromatic N) is 2. The van der Waals surface area contributed by atoms with E-state index in [2.05, 4.69) is 29.1 Å². The van der Waals surface area contributed by atoms with Gasteiger partial charge in [-0.2, -0.15) is 0 Å². The van der Waals surface area contributed by atoms with Crippen LogP contribution in [0.3, 0.4) is 0 Å². The highest BCUT2D eigenvalue weighted by Gasteiger charge is 2.26. The van der Waals surface area contributed by atoms with E-state index in [1.807, 2.05) is 30.5 Å². The van der Waals surface area contributed by atoms with Crippen LogP contribution in [-0.4, -0.2) is 16.0 Å². The van der Waals surface area contributed by atoms with Crippen molar-refractivity contribution < 1.29 is 0 Å². The standard InChI is InChI=1S/C17H23N3/c1-17(2)9-7-13(8-10-17)18-11-14-12-19-15-5-3-4-6-16(15)20-14/h3-6,12-13,18H,7-11H2,1-2H3. The van der Waals surface area contributed by atoms with Crippen LogP contribution in [0.15, 0.2) is 30.5 Å². The molecule has 1 heterocycles. The fourth-order valence-electron chi connectivity index (χ4n) is 2.93. The van der Waals surface area contributed by atoms with Gasteiger partial charge in [-0.05, 0) is 43.2 Å². The zero-order valence-corrected chi connectivity index (χ0v) is 12.4. The number of fused-ring (bicyclic) bond motifs is 1. The van der Waals surface area contributed by atoms with Gasteiger partial charge in [0.2, 0.25) is 0 Å². The molecule has 0 atom stereocenters. The van der Waals surface area contributed by atoms with Gasteiger partial charge < -0.3 is 5.32 Å². The van der Waals surface area contributed by atoms with Crippen LogP contribution >= 0.6 is 0 Å². The lowest BCUT2D eigenvalue weighted by molar-refractivity contribution is 0.205. The van der Waals surface area contributed by atoms with Gasteiger partial charge in [-0.25, -0.2) is 4.98 Å². The molecule has 0 spiro atoms. The number of para-hydroxylation sites is 2. The number of hydrogen-bond donors (Lipinski definition) is 1. The van der Waals surface area contributed by atoms with Gasteiger partial charge in [0.15, 0.2) is 0 Å². The molecule has 1 aliphatic rings. The Balaban J connectivity index is 1.60. The van der Waals surface area contributed by atoms with Gasteiger partial charge in [-0.1, -0.05) is 26.0 Å². The average Bonchev–Trinajstić information content (AvgIpc) is 2.46. The van der Waals surface area contributed by atoms with Gasteiger partial charge in [0.1, 0.15) is 0 Å². The molecule has 0 unspecified atom stereocenters. The second kappa shape index (κ2) is 5.49. The molecule has 1 aromatic carbocycles. The number of hydrogen-bond acceptors (Lipinski definition) is 3. The highest BCUT2D eigenvalue weighted by molar-refractivity contribution is 5.73. The lowest BCUT2D eigenvalue weighted by Crippen LogP contribution is -2.35. The SMILES string of the molecule is CC1(C)CCC(NCc2cnc3ccccc3n2)CC1. The lowest BCUT2D eigenvalue weighted by atomic mass is 9.75. The van der Waals surface area contributed by atoms with E-state index < -0.39 is 0 Å². The molecular weight excluding hydrogens is 246 g/mol. The Morgan fingerprint density at radius 2 is 1.85 bits per heavy atom. The highest BCUT2D eigenvalue weighted by Crippen LogP contribution is 2.35. The maximum absolute atomic E-state index is 4.66. The maximum atomic E-state index is 4.66. The molecule has 0 saturated heterocycles. The Hall–Kier alpha value is -1.48. The van der Waals surface area contributed by atoms with E-state index in [4.69, 9.17) is 0 Å². The minimum atomic E-state index is 0.529. The van der Waals surface area contributed by atoms with Crippen molar-refractivity contribution in [2.24, 2.45) is 5.41 Å². The Bertz CT molecular complexity index is 582. The third-order valence-electron chi connectivity index (χ3n) is 4.41. The lowest BCUT2D eigenvalue weighted by Gasteiger charge is -2.34. The summed E-state index contributed by atoms with van der Waals surface area (Å²) in [5.41, 5.74) is 3.52. The molecular formula is C17H23N3. The molecule has 0 radical (unpaired) electrons. The second-order valence-electron chi connectivity index (χ2n) is 6.67. The van der Waals surface area contributed by atoms with Crippen LogP contribution < -0.4 is 5.32 Å². The van der Waals surface area contributed by atoms with Gasteiger partial charge in [-0.3, -0.25) is 4.98 Å². The Kier molecular flexibility index (Phi) is 3.70. The summed E-state index contributed by atoms with van der Waals surface area (Å²) in [5, 5.41) is 3.64. The molecule has 3 heteroatoms. The van der Waals surface area contributed by atoms with Gasteiger partial charge in [0.05, 0.1) is 22.9 Å². The van der Waals surface area contributed by atoms with Crippen LogP contribution in [0.5, 0.6) is 0 Å². The van der Waals surface area contributed by atoms with Crippen molar-refractivity contribution in [3.05, 3.63) is 36.2 Å². The zero-order valence-electron chi connectivity index (χ0n) is 12.4. The van der Waals surface area contributed by atoms with E-state index in [-0.39, 0.29) is 0 Å². The van der Waals surface area contributed by atoms with Crippen molar-refractivity contribution >= 4 is 11.0 Å². The summed E-state index contributed by atoms with van der Waals surface area (Å²) in [4.78, 5) is 9.13. The summed E-state index contributed by atoms with van der Waals surface area (Å²) >= 11 is 0. The quantitative estimate of drug-likeness (QED) is 0.923. The summed E-state index contributed by atoms with van der Waals surface area (Å²) in [6, 6.07) is 8.67. The Morgan fingerprint density at radius 3 is 2.60 bits per heavy atom. The first-order valence-corrected chi connectivity index (χ1v) is 7.56. The zero-order chi connectivity index (χ0) is 14.0. The van der Waals surface area contributed by atoms with Crippen LogP contribution in [0.4, 0.5) is 0 Å². The fourth-order valence-corrected chi connectivity index (χ4v) is 2.93. The van der Waals surface area contributed by atoms with Gasteiger partial charge in [0.25, 0.3) is 0 Å². The molecule has 1 saturated carbocycles. The molecule has 0 aliphatic heterocycles. The molecule has 1 N–H and O–H groups in total. The number of benzene rings is 1. The molecule has 1 aliphatic carbocycles. The molecule has 20 heavy (non-hydrogen) atoms.